The van der Waals surface area contributed by atoms with Crippen molar-refractivity contribution >= 4 is 29.2 Å². The number of allylic oxidation sites excluding steroid dienone is 1. The second kappa shape index (κ2) is 14.0. The highest BCUT2D eigenvalue weighted by molar-refractivity contribution is 6.34. The molecule has 2 unspecified atom stereocenters. The summed E-state index contributed by atoms with van der Waals surface area (Å²) in [5.74, 6) is 3.64. The van der Waals surface area contributed by atoms with Gasteiger partial charge in [0.05, 0.1) is 18.7 Å². The van der Waals surface area contributed by atoms with Gasteiger partial charge < -0.3 is 44.5 Å². The molecule has 0 spiro atoms. The van der Waals surface area contributed by atoms with E-state index in [2.05, 4.69) is 0 Å². The predicted octanol–water partition coefficient (Wildman–Crippen LogP) is 3.49. The number of ketones is 1. The average Bonchev–Trinajstić information content (AvgIpc) is 3.05. The molecular weight excluding hydrogens is 616 g/mol. The Morgan fingerprint density at radius 2 is 1.61 bits per heavy atom. The standard InChI is InChI=1S/C35H41ClO10/c1-43-34(28-22-11-19-10-20(13-22)14-23(28)12-19)26-9-5-21(4-6-24(39)15-37)33(29(26)36)44-17-18-2-7-25(8-3-18)45-35-32(42)31(41)30(40)27(16-38)46-35/h2-9,19-20,22-23,27,30-32,35,37-38,40-42H,10-17H2,1H3/b6-4+,34-28?/t19?,20?,22?,23?,27?,30-,31-,32?,35+/m0/s1. The van der Waals surface area contributed by atoms with Gasteiger partial charge in [-0.15, -0.1) is 0 Å². The molecule has 5 fully saturated rings. The molecule has 46 heavy (non-hydrogen) atoms. The van der Waals surface area contributed by atoms with Gasteiger partial charge in [0, 0.05) is 11.1 Å². The Bertz CT molecular complexity index is 1440. The minimum absolute atomic E-state index is 0.117. The molecule has 2 aromatic rings. The van der Waals surface area contributed by atoms with Crippen molar-refractivity contribution in [2.75, 3.05) is 20.3 Å². The third-order valence-electron chi connectivity index (χ3n) is 9.87. The van der Waals surface area contributed by atoms with E-state index in [0.717, 1.165) is 28.7 Å². The fraction of sp³-hybridized carbons (Fsp3) is 0.514. The molecule has 1 aliphatic heterocycles. The number of rotatable bonds is 11. The van der Waals surface area contributed by atoms with Crippen LogP contribution in [0.4, 0.5) is 0 Å². The monoisotopic (exact) mass is 656 g/mol. The average molecular weight is 657 g/mol. The fourth-order valence-electron chi connectivity index (χ4n) is 7.82. The van der Waals surface area contributed by atoms with Gasteiger partial charge in [0.25, 0.3) is 0 Å². The highest BCUT2D eigenvalue weighted by Crippen LogP contribution is 2.58. The van der Waals surface area contributed by atoms with Crippen LogP contribution in [0.1, 0.15) is 48.8 Å². The number of halogens is 1. The topological polar surface area (TPSA) is 155 Å². The highest BCUT2D eigenvalue weighted by atomic mass is 35.5. The predicted molar refractivity (Wildman–Crippen MR) is 169 cm³/mol. The lowest BCUT2D eigenvalue weighted by Gasteiger charge is -2.51. The summed E-state index contributed by atoms with van der Waals surface area (Å²) < 4.78 is 23.5. The molecule has 0 aromatic heterocycles. The van der Waals surface area contributed by atoms with Gasteiger partial charge in [0.2, 0.25) is 6.29 Å². The van der Waals surface area contributed by atoms with E-state index in [0.29, 0.717) is 33.9 Å². The Hall–Kier alpha value is -2.96. The molecule has 0 radical (unpaired) electrons. The van der Waals surface area contributed by atoms with E-state index in [1.165, 1.54) is 43.8 Å². The van der Waals surface area contributed by atoms with Crippen molar-refractivity contribution in [2.24, 2.45) is 23.7 Å². The molecule has 5 atom stereocenters. The molecule has 2 aromatic carbocycles. The van der Waals surface area contributed by atoms with Crippen LogP contribution < -0.4 is 9.47 Å². The largest absolute Gasteiger partial charge is 0.496 e. The van der Waals surface area contributed by atoms with Crippen LogP contribution in [0.2, 0.25) is 5.02 Å². The smallest absolute Gasteiger partial charge is 0.229 e. The lowest BCUT2D eigenvalue weighted by molar-refractivity contribution is -0.277. The van der Waals surface area contributed by atoms with Crippen LogP contribution in [-0.4, -0.2) is 82.3 Å². The Kier molecular flexibility index (Phi) is 10.1. The van der Waals surface area contributed by atoms with Crippen molar-refractivity contribution < 1.29 is 49.3 Å². The molecule has 7 rings (SSSR count). The summed E-state index contributed by atoms with van der Waals surface area (Å²) in [5.41, 5.74) is 3.44. The van der Waals surface area contributed by atoms with Gasteiger partial charge in [0.15, 0.2) is 5.78 Å². The summed E-state index contributed by atoms with van der Waals surface area (Å²) in [6.45, 7) is -1.05. The van der Waals surface area contributed by atoms with E-state index < -0.39 is 49.7 Å². The minimum atomic E-state index is -1.54. The molecule has 5 aliphatic rings. The van der Waals surface area contributed by atoms with Gasteiger partial charge in [-0.05, 0) is 97.3 Å². The SMILES string of the molecule is COC(=C1C2CC3CC(C2)CC1C3)c1ccc(/C=C/C(=O)CO)c(OCc2ccc(O[C@@H]3OC(CO)[C@H](O)[C@H](O)C3O)cc2)c1Cl. The molecular formula is C35H41ClO10. The van der Waals surface area contributed by atoms with Crippen LogP contribution in [0, 0.1) is 23.7 Å². The van der Waals surface area contributed by atoms with E-state index in [1.54, 1.807) is 37.5 Å². The molecule has 0 amide bonds. The summed E-state index contributed by atoms with van der Waals surface area (Å²) in [7, 11) is 1.69. The maximum atomic E-state index is 11.9. The molecule has 5 N–H and O–H groups in total. The number of aliphatic hydroxyl groups excluding tert-OH is 5. The molecule has 4 bridgehead atoms. The molecule has 248 valence electrons. The quantitative estimate of drug-likeness (QED) is 0.179. The van der Waals surface area contributed by atoms with E-state index in [1.807, 2.05) is 12.1 Å². The summed E-state index contributed by atoms with van der Waals surface area (Å²) in [6.07, 6.45) is 2.05. The number of ether oxygens (including phenoxy) is 4. The van der Waals surface area contributed by atoms with Crippen molar-refractivity contribution in [1.82, 2.24) is 0 Å². The van der Waals surface area contributed by atoms with Gasteiger partial charge >= 0.3 is 0 Å². The Morgan fingerprint density at radius 1 is 0.935 bits per heavy atom. The number of carbonyl (C=O) groups is 1. The Labute approximate surface area is 272 Å². The zero-order valence-corrected chi connectivity index (χ0v) is 26.4. The van der Waals surface area contributed by atoms with E-state index in [4.69, 9.17) is 30.5 Å². The van der Waals surface area contributed by atoms with E-state index >= 15 is 0 Å². The first-order chi connectivity index (χ1) is 22.2. The van der Waals surface area contributed by atoms with Crippen LogP contribution in [0.15, 0.2) is 48.0 Å². The Balaban J connectivity index is 1.23. The van der Waals surface area contributed by atoms with Crippen LogP contribution in [0.25, 0.3) is 11.8 Å². The van der Waals surface area contributed by atoms with Crippen LogP contribution in [0.3, 0.4) is 0 Å². The summed E-state index contributed by atoms with van der Waals surface area (Å²) in [5, 5.41) is 49.4. The molecule has 1 heterocycles. The number of aliphatic hydroxyl groups is 5. The number of hydrogen-bond acceptors (Lipinski definition) is 10. The van der Waals surface area contributed by atoms with Gasteiger partial charge in [-0.2, -0.15) is 0 Å². The minimum Gasteiger partial charge on any atom is -0.496 e. The zero-order valence-electron chi connectivity index (χ0n) is 25.6. The normalized spacial score (nSPS) is 31.7. The summed E-state index contributed by atoms with van der Waals surface area (Å²) >= 11 is 7.09. The molecule has 1 saturated heterocycles. The van der Waals surface area contributed by atoms with Crippen molar-refractivity contribution in [3.63, 3.8) is 0 Å². The second-order valence-corrected chi connectivity index (χ2v) is 13.2. The van der Waals surface area contributed by atoms with E-state index in [9.17, 15) is 30.3 Å². The molecule has 4 aliphatic carbocycles. The van der Waals surface area contributed by atoms with Crippen LogP contribution >= 0.6 is 11.6 Å². The number of hydrogen-bond donors (Lipinski definition) is 5. The number of carbonyl (C=O) groups excluding carboxylic acids is 1. The zero-order chi connectivity index (χ0) is 32.5. The van der Waals surface area contributed by atoms with Crippen molar-refractivity contribution in [1.29, 1.82) is 0 Å². The maximum absolute atomic E-state index is 11.9. The maximum Gasteiger partial charge on any atom is 0.229 e. The molecule has 4 saturated carbocycles. The second-order valence-electron chi connectivity index (χ2n) is 12.8. The number of methoxy groups -OCH3 is 1. The van der Waals surface area contributed by atoms with Gasteiger partial charge in [-0.1, -0.05) is 29.8 Å². The third-order valence-corrected chi connectivity index (χ3v) is 10.2. The molecule has 11 heteroatoms. The van der Waals surface area contributed by atoms with Gasteiger partial charge in [-0.3, -0.25) is 4.79 Å². The summed E-state index contributed by atoms with van der Waals surface area (Å²) in [4.78, 5) is 11.9. The number of benzene rings is 2. The van der Waals surface area contributed by atoms with Gasteiger partial charge in [0.1, 0.15) is 54.9 Å². The lowest BCUT2D eigenvalue weighted by atomic mass is 9.54. The first kappa shape index (κ1) is 33.0. The lowest BCUT2D eigenvalue weighted by Crippen LogP contribution is -2.60. The first-order valence-electron chi connectivity index (χ1n) is 15.8. The van der Waals surface area contributed by atoms with Gasteiger partial charge in [-0.25, -0.2) is 0 Å². The highest BCUT2D eigenvalue weighted by Gasteiger charge is 2.47. The summed E-state index contributed by atoms with van der Waals surface area (Å²) in [6, 6.07) is 10.5. The van der Waals surface area contributed by atoms with E-state index in [-0.39, 0.29) is 6.61 Å². The Morgan fingerprint density at radius 3 is 2.22 bits per heavy atom. The van der Waals surface area contributed by atoms with Crippen molar-refractivity contribution in [3.05, 3.63) is 69.8 Å². The van der Waals surface area contributed by atoms with Crippen LogP contribution in [0.5, 0.6) is 11.5 Å². The fourth-order valence-corrected chi connectivity index (χ4v) is 8.14. The van der Waals surface area contributed by atoms with Crippen molar-refractivity contribution in [2.45, 2.75) is 69.4 Å². The third kappa shape index (κ3) is 6.57. The first-order valence-corrected chi connectivity index (χ1v) is 16.2. The van der Waals surface area contributed by atoms with Crippen molar-refractivity contribution in [3.8, 4) is 11.5 Å². The van der Waals surface area contributed by atoms with Crippen LogP contribution in [-0.2, 0) is 20.9 Å². The molecule has 10 nitrogen and oxygen atoms in total.